The molecular formula is C9H18O5. The number of aliphatic hydroxyl groups is 3. The van der Waals surface area contributed by atoms with Crippen LogP contribution in [0.5, 0.6) is 0 Å². The number of aliphatic hydroxyl groups excluding tert-OH is 3. The Kier molecular flexibility index (Phi) is 4.28. The van der Waals surface area contributed by atoms with Crippen LogP contribution in [0.3, 0.4) is 0 Å². The number of ether oxygens (including phenoxy) is 2. The van der Waals surface area contributed by atoms with E-state index in [0.29, 0.717) is 0 Å². The van der Waals surface area contributed by atoms with Crippen molar-refractivity contribution >= 4 is 0 Å². The molecule has 14 heavy (non-hydrogen) atoms. The molecular weight excluding hydrogens is 188 g/mol. The van der Waals surface area contributed by atoms with Gasteiger partial charge in [-0.2, -0.15) is 0 Å². The van der Waals surface area contributed by atoms with E-state index in [1.54, 1.807) is 0 Å². The molecule has 0 spiro atoms. The number of rotatable bonds is 3. The van der Waals surface area contributed by atoms with Crippen LogP contribution in [-0.2, 0) is 9.47 Å². The summed E-state index contributed by atoms with van der Waals surface area (Å²) in [6.07, 6.45) is -3.03. The fraction of sp³-hybridized carbons (Fsp3) is 1.00. The molecule has 1 heterocycles. The van der Waals surface area contributed by atoms with Gasteiger partial charge in [-0.1, -0.05) is 0 Å². The summed E-state index contributed by atoms with van der Waals surface area (Å²) in [6, 6.07) is 0. The third kappa shape index (κ3) is 2.90. The quantitative estimate of drug-likeness (QED) is 0.565. The normalized spacial score (nSPS) is 39.0. The van der Waals surface area contributed by atoms with Crippen molar-refractivity contribution in [1.82, 2.24) is 0 Å². The van der Waals surface area contributed by atoms with Crippen LogP contribution >= 0.6 is 0 Å². The van der Waals surface area contributed by atoms with Crippen LogP contribution in [0.4, 0.5) is 0 Å². The van der Waals surface area contributed by atoms with Crippen LogP contribution in [0.1, 0.15) is 20.3 Å². The highest BCUT2D eigenvalue weighted by molar-refractivity contribution is 4.82. The smallest absolute Gasteiger partial charge is 0.161 e. The number of hydrogen-bond acceptors (Lipinski definition) is 5. The first kappa shape index (κ1) is 11.9. The molecule has 0 bridgehead atoms. The summed E-state index contributed by atoms with van der Waals surface area (Å²) in [5.41, 5.74) is 0. The summed E-state index contributed by atoms with van der Waals surface area (Å²) in [6.45, 7) is 3.39. The second-order valence-corrected chi connectivity index (χ2v) is 3.77. The molecule has 1 fully saturated rings. The van der Waals surface area contributed by atoms with Crippen LogP contribution < -0.4 is 0 Å². The van der Waals surface area contributed by atoms with Gasteiger partial charge in [-0.15, -0.1) is 0 Å². The lowest BCUT2D eigenvalue weighted by Crippen LogP contribution is -2.50. The maximum absolute atomic E-state index is 9.44. The van der Waals surface area contributed by atoms with Gasteiger partial charge in [-0.25, -0.2) is 0 Å². The Bertz CT molecular complexity index is 173. The zero-order valence-corrected chi connectivity index (χ0v) is 8.46. The molecule has 3 N–H and O–H groups in total. The third-order valence-electron chi connectivity index (χ3n) is 2.14. The molecule has 0 aromatic heterocycles. The predicted molar refractivity (Wildman–Crippen MR) is 48.6 cm³/mol. The molecule has 0 aromatic carbocycles. The van der Waals surface area contributed by atoms with E-state index < -0.39 is 24.6 Å². The van der Waals surface area contributed by atoms with E-state index in [4.69, 9.17) is 14.6 Å². The average Bonchev–Trinajstić information content (AvgIpc) is 2.10. The largest absolute Gasteiger partial charge is 0.394 e. The van der Waals surface area contributed by atoms with Gasteiger partial charge in [0.2, 0.25) is 0 Å². The summed E-state index contributed by atoms with van der Waals surface area (Å²) < 4.78 is 10.6. The van der Waals surface area contributed by atoms with Crippen LogP contribution in [-0.4, -0.2) is 52.6 Å². The monoisotopic (exact) mass is 206 g/mol. The second-order valence-electron chi connectivity index (χ2n) is 3.77. The Morgan fingerprint density at radius 2 is 2.07 bits per heavy atom. The Labute approximate surface area is 83.3 Å². The molecule has 1 saturated heterocycles. The van der Waals surface area contributed by atoms with Gasteiger partial charge in [0, 0.05) is 6.42 Å². The van der Waals surface area contributed by atoms with Crippen molar-refractivity contribution < 1.29 is 24.8 Å². The second kappa shape index (κ2) is 5.04. The minimum atomic E-state index is -1.04. The molecule has 5 heteroatoms. The Morgan fingerprint density at radius 1 is 1.43 bits per heavy atom. The molecule has 0 aliphatic carbocycles. The Hall–Kier alpha value is -0.200. The molecule has 5 nitrogen and oxygen atoms in total. The van der Waals surface area contributed by atoms with Gasteiger partial charge in [-0.05, 0) is 13.8 Å². The maximum Gasteiger partial charge on any atom is 0.161 e. The fourth-order valence-electron chi connectivity index (χ4n) is 1.46. The Morgan fingerprint density at radius 3 is 2.57 bits per heavy atom. The van der Waals surface area contributed by atoms with Crippen LogP contribution in [0, 0.1) is 0 Å². The zero-order chi connectivity index (χ0) is 10.7. The van der Waals surface area contributed by atoms with Crippen molar-refractivity contribution in [1.29, 1.82) is 0 Å². The molecule has 2 unspecified atom stereocenters. The van der Waals surface area contributed by atoms with E-state index in [-0.39, 0.29) is 19.1 Å². The highest BCUT2D eigenvalue weighted by Gasteiger charge is 2.36. The van der Waals surface area contributed by atoms with E-state index >= 15 is 0 Å². The fourth-order valence-corrected chi connectivity index (χ4v) is 1.46. The van der Waals surface area contributed by atoms with Crippen LogP contribution in [0.2, 0.25) is 0 Å². The lowest BCUT2D eigenvalue weighted by atomic mass is 10.0. The van der Waals surface area contributed by atoms with Gasteiger partial charge < -0.3 is 24.8 Å². The molecule has 0 amide bonds. The van der Waals surface area contributed by atoms with Crippen molar-refractivity contribution in [2.45, 2.75) is 51.0 Å². The summed E-state index contributed by atoms with van der Waals surface area (Å²) in [4.78, 5) is 0. The SMILES string of the molecule is CC(C)O[C@@H]1CC(O)[C@H](O)C(CO)O1. The summed E-state index contributed by atoms with van der Waals surface area (Å²) in [7, 11) is 0. The van der Waals surface area contributed by atoms with Crippen molar-refractivity contribution in [2.24, 2.45) is 0 Å². The highest BCUT2D eigenvalue weighted by Crippen LogP contribution is 2.21. The molecule has 0 aromatic rings. The zero-order valence-electron chi connectivity index (χ0n) is 8.46. The first-order valence-electron chi connectivity index (χ1n) is 4.82. The van der Waals surface area contributed by atoms with E-state index in [1.807, 2.05) is 13.8 Å². The van der Waals surface area contributed by atoms with Gasteiger partial charge in [0.15, 0.2) is 6.29 Å². The molecule has 0 radical (unpaired) electrons. The van der Waals surface area contributed by atoms with E-state index in [9.17, 15) is 10.2 Å². The molecule has 1 aliphatic heterocycles. The minimum Gasteiger partial charge on any atom is -0.394 e. The Balaban J connectivity index is 2.49. The average molecular weight is 206 g/mol. The van der Waals surface area contributed by atoms with Gasteiger partial charge in [-0.3, -0.25) is 0 Å². The first-order chi connectivity index (χ1) is 6.54. The van der Waals surface area contributed by atoms with Gasteiger partial charge >= 0.3 is 0 Å². The molecule has 4 atom stereocenters. The minimum absolute atomic E-state index is 0.0122. The van der Waals surface area contributed by atoms with Crippen molar-refractivity contribution in [3.05, 3.63) is 0 Å². The summed E-state index contributed by atoms with van der Waals surface area (Å²) >= 11 is 0. The standard InChI is InChI=1S/C9H18O5/c1-5(2)13-8-3-6(11)9(12)7(4-10)14-8/h5-12H,3-4H2,1-2H3/t6?,7?,8-,9-/m0/s1. The van der Waals surface area contributed by atoms with E-state index in [0.717, 1.165) is 0 Å². The lowest BCUT2D eigenvalue weighted by Gasteiger charge is -2.36. The molecule has 1 rings (SSSR count). The third-order valence-corrected chi connectivity index (χ3v) is 2.14. The van der Waals surface area contributed by atoms with Crippen molar-refractivity contribution in [3.63, 3.8) is 0 Å². The predicted octanol–water partition coefficient (Wildman–Crippen LogP) is -0.760. The van der Waals surface area contributed by atoms with E-state index in [2.05, 4.69) is 0 Å². The highest BCUT2D eigenvalue weighted by atomic mass is 16.7. The number of hydrogen-bond donors (Lipinski definition) is 3. The van der Waals surface area contributed by atoms with Crippen molar-refractivity contribution in [3.8, 4) is 0 Å². The summed E-state index contributed by atoms with van der Waals surface area (Å²) in [5.74, 6) is 0. The van der Waals surface area contributed by atoms with Gasteiger partial charge in [0.05, 0.1) is 18.8 Å². The molecule has 84 valence electrons. The summed E-state index contributed by atoms with van der Waals surface area (Å²) in [5, 5.41) is 27.7. The van der Waals surface area contributed by atoms with Gasteiger partial charge in [0.25, 0.3) is 0 Å². The maximum atomic E-state index is 9.44. The van der Waals surface area contributed by atoms with Crippen LogP contribution in [0.15, 0.2) is 0 Å². The van der Waals surface area contributed by atoms with Gasteiger partial charge in [0.1, 0.15) is 12.2 Å². The van der Waals surface area contributed by atoms with Crippen LogP contribution in [0.25, 0.3) is 0 Å². The van der Waals surface area contributed by atoms with Crippen molar-refractivity contribution in [2.75, 3.05) is 6.61 Å². The molecule has 0 saturated carbocycles. The lowest BCUT2D eigenvalue weighted by molar-refractivity contribution is -0.265. The van der Waals surface area contributed by atoms with E-state index in [1.165, 1.54) is 0 Å². The topological polar surface area (TPSA) is 79.2 Å². The first-order valence-corrected chi connectivity index (χ1v) is 4.82. The molecule has 1 aliphatic rings.